The van der Waals surface area contributed by atoms with E-state index >= 15 is 0 Å². The summed E-state index contributed by atoms with van der Waals surface area (Å²) in [5, 5.41) is 3.05. The van der Waals surface area contributed by atoms with Crippen LogP contribution < -0.4 is 5.32 Å². The number of nitrogens with zero attached hydrogens (tertiary/aromatic N) is 4. The van der Waals surface area contributed by atoms with Crippen LogP contribution in [-0.4, -0.2) is 26.3 Å². The van der Waals surface area contributed by atoms with Crippen LogP contribution in [-0.2, 0) is 0 Å². The maximum absolute atomic E-state index is 14.3. The number of benzene rings is 1. The number of halogens is 3. The van der Waals surface area contributed by atoms with Gasteiger partial charge in [0.2, 0.25) is 0 Å². The van der Waals surface area contributed by atoms with Crippen molar-refractivity contribution in [2.75, 3.05) is 0 Å². The maximum Gasteiger partial charge on any atom is 0.263 e. The Labute approximate surface area is 169 Å². The predicted molar refractivity (Wildman–Crippen MR) is 104 cm³/mol. The lowest BCUT2D eigenvalue weighted by atomic mass is 9.94. The highest BCUT2D eigenvalue weighted by molar-refractivity contribution is 6.31. The molecule has 1 N–H and O–H groups in total. The first kappa shape index (κ1) is 18.9. The van der Waals surface area contributed by atoms with Gasteiger partial charge in [-0.05, 0) is 31.2 Å². The van der Waals surface area contributed by atoms with Crippen molar-refractivity contribution in [3.63, 3.8) is 0 Å². The molecule has 1 aliphatic rings. The van der Waals surface area contributed by atoms with Crippen LogP contribution in [0.2, 0.25) is 5.02 Å². The first-order chi connectivity index (χ1) is 14.0. The van der Waals surface area contributed by atoms with E-state index in [1.165, 1.54) is 53.8 Å². The number of rotatable bonds is 3. The highest BCUT2D eigenvalue weighted by atomic mass is 35.5. The Morgan fingerprint density at radius 2 is 2.07 bits per heavy atom. The summed E-state index contributed by atoms with van der Waals surface area (Å²) in [5.41, 5.74) is 1.14. The van der Waals surface area contributed by atoms with Crippen molar-refractivity contribution in [2.24, 2.45) is 4.99 Å². The third-order valence-electron chi connectivity index (χ3n) is 4.45. The number of aliphatic imine (C=N–C) groups is 1. The highest BCUT2D eigenvalue weighted by Gasteiger charge is 2.32. The Balaban J connectivity index is 1.88. The minimum absolute atomic E-state index is 0.00390. The fourth-order valence-electron chi connectivity index (χ4n) is 3.10. The lowest BCUT2D eigenvalue weighted by molar-refractivity contribution is 0.0946. The summed E-state index contributed by atoms with van der Waals surface area (Å²) < 4.78 is 29.2. The number of imidazole rings is 1. The molecule has 146 valence electrons. The number of hydrogen-bond donors (Lipinski definition) is 1. The van der Waals surface area contributed by atoms with E-state index in [0.29, 0.717) is 11.3 Å². The monoisotopic (exact) mass is 413 g/mol. The van der Waals surface area contributed by atoms with Crippen LogP contribution in [0.5, 0.6) is 0 Å². The van der Waals surface area contributed by atoms with Crippen molar-refractivity contribution in [3.05, 3.63) is 94.4 Å². The third kappa shape index (κ3) is 3.54. The summed E-state index contributed by atoms with van der Waals surface area (Å²) in [4.78, 5) is 25.5. The Kier molecular flexibility index (Phi) is 4.94. The van der Waals surface area contributed by atoms with Crippen LogP contribution in [0.4, 0.5) is 8.78 Å². The van der Waals surface area contributed by atoms with Crippen LogP contribution in [0.3, 0.4) is 0 Å². The van der Waals surface area contributed by atoms with Crippen LogP contribution in [0, 0.1) is 11.6 Å². The van der Waals surface area contributed by atoms with Crippen molar-refractivity contribution in [1.82, 2.24) is 19.9 Å². The van der Waals surface area contributed by atoms with Crippen LogP contribution >= 0.6 is 11.6 Å². The molecule has 0 saturated carbocycles. The van der Waals surface area contributed by atoms with Gasteiger partial charge in [-0.3, -0.25) is 14.4 Å². The molecule has 0 bridgehead atoms. The van der Waals surface area contributed by atoms with Crippen molar-refractivity contribution in [1.29, 1.82) is 0 Å². The maximum atomic E-state index is 14.3. The zero-order valence-corrected chi connectivity index (χ0v) is 15.9. The average Bonchev–Trinajstić information content (AvgIpc) is 3.22. The largest absolute Gasteiger partial charge is 0.342 e. The molecule has 0 spiro atoms. The molecule has 9 heteroatoms. The third-order valence-corrected chi connectivity index (χ3v) is 4.78. The second-order valence-corrected chi connectivity index (χ2v) is 6.73. The predicted octanol–water partition coefficient (Wildman–Crippen LogP) is 3.92. The van der Waals surface area contributed by atoms with Gasteiger partial charge in [-0.2, -0.15) is 0 Å². The molecule has 1 atom stereocenters. The first-order valence-electron chi connectivity index (χ1n) is 8.60. The zero-order chi connectivity index (χ0) is 20.5. The number of pyridine rings is 1. The minimum Gasteiger partial charge on any atom is -0.342 e. The van der Waals surface area contributed by atoms with E-state index in [0.717, 1.165) is 6.07 Å². The molecule has 6 nitrogen and oxygen atoms in total. The van der Waals surface area contributed by atoms with Gasteiger partial charge in [0.15, 0.2) is 11.7 Å². The molecule has 3 aromatic rings. The Hall–Kier alpha value is -3.39. The van der Waals surface area contributed by atoms with Gasteiger partial charge in [0.05, 0.1) is 5.57 Å². The fraction of sp³-hybridized carbons (Fsp3) is 0.100. The van der Waals surface area contributed by atoms with Gasteiger partial charge in [0.25, 0.3) is 5.91 Å². The molecule has 2 aromatic heterocycles. The summed E-state index contributed by atoms with van der Waals surface area (Å²) in [5.74, 6) is -1.33. The molecule has 1 unspecified atom stereocenters. The summed E-state index contributed by atoms with van der Waals surface area (Å²) >= 11 is 6.26. The zero-order valence-electron chi connectivity index (χ0n) is 15.1. The molecule has 0 fully saturated rings. The fourth-order valence-corrected chi connectivity index (χ4v) is 3.37. The van der Waals surface area contributed by atoms with Crippen molar-refractivity contribution in [3.8, 4) is 0 Å². The van der Waals surface area contributed by atoms with Crippen LogP contribution in [0.1, 0.15) is 29.0 Å². The molecule has 3 heterocycles. The van der Waals surface area contributed by atoms with Gasteiger partial charge < -0.3 is 5.32 Å². The van der Waals surface area contributed by atoms with E-state index < -0.39 is 17.7 Å². The molecular formula is C20H14ClF2N5O. The van der Waals surface area contributed by atoms with E-state index in [1.807, 2.05) is 0 Å². The lowest BCUT2D eigenvalue weighted by Crippen LogP contribution is -2.34. The van der Waals surface area contributed by atoms with Gasteiger partial charge in [0.1, 0.15) is 23.9 Å². The number of carbonyl (C=O) groups excluding carboxylic acids is 1. The van der Waals surface area contributed by atoms with Crippen molar-refractivity contribution < 1.29 is 13.6 Å². The van der Waals surface area contributed by atoms with Gasteiger partial charge in [-0.15, -0.1) is 0 Å². The smallest absolute Gasteiger partial charge is 0.263 e. The summed E-state index contributed by atoms with van der Waals surface area (Å²) in [6.07, 6.45) is 5.78. The number of hydrogen-bond acceptors (Lipinski definition) is 5. The van der Waals surface area contributed by atoms with E-state index in [9.17, 15) is 13.6 Å². The molecule has 0 radical (unpaired) electrons. The molecule has 4 rings (SSSR count). The molecule has 1 aliphatic heterocycles. The molecule has 0 amide bonds. The van der Waals surface area contributed by atoms with Crippen LogP contribution in [0.15, 0.2) is 71.5 Å². The number of carbonyl (C=O) groups is 1. The van der Waals surface area contributed by atoms with Gasteiger partial charge in [-0.1, -0.05) is 17.7 Å². The minimum atomic E-state index is -0.893. The van der Waals surface area contributed by atoms with Crippen molar-refractivity contribution >= 4 is 23.3 Å². The Morgan fingerprint density at radius 3 is 2.76 bits per heavy atom. The summed E-state index contributed by atoms with van der Waals surface area (Å²) in [6.45, 7) is 1.67. The quantitative estimate of drug-likeness (QED) is 0.706. The Bertz CT molecular complexity index is 1160. The van der Waals surface area contributed by atoms with E-state index in [2.05, 4.69) is 20.3 Å². The number of amidine groups is 1. The second kappa shape index (κ2) is 7.56. The second-order valence-electron chi connectivity index (χ2n) is 6.32. The van der Waals surface area contributed by atoms with Gasteiger partial charge >= 0.3 is 0 Å². The van der Waals surface area contributed by atoms with E-state index in [4.69, 9.17) is 11.6 Å². The van der Waals surface area contributed by atoms with Crippen LogP contribution in [0.25, 0.3) is 0 Å². The lowest BCUT2D eigenvalue weighted by Gasteiger charge is -2.27. The van der Waals surface area contributed by atoms with E-state index in [1.54, 1.807) is 6.92 Å². The highest BCUT2D eigenvalue weighted by Crippen LogP contribution is 2.36. The first-order valence-corrected chi connectivity index (χ1v) is 8.97. The molecule has 29 heavy (non-hydrogen) atoms. The van der Waals surface area contributed by atoms with E-state index in [-0.39, 0.29) is 28.0 Å². The molecule has 0 aliphatic carbocycles. The normalized spacial score (nSPS) is 16.4. The summed E-state index contributed by atoms with van der Waals surface area (Å²) in [6, 6.07) is 5.66. The average molecular weight is 414 g/mol. The number of allylic oxidation sites excluding steroid dienone is 1. The number of nitrogens with one attached hydrogen (secondary N) is 1. The summed E-state index contributed by atoms with van der Waals surface area (Å²) in [7, 11) is 0. The Morgan fingerprint density at radius 1 is 1.24 bits per heavy atom. The van der Waals surface area contributed by atoms with Gasteiger partial charge in [0, 0.05) is 34.9 Å². The molecular weight excluding hydrogens is 400 g/mol. The molecule has 1 aromatic carbocycles. The standard InChI is InChI=1S/C20H14ClF2N5O/c1-11-16(20(29)28-8-7-24-10-28)17(13-5-4-12(22)9-14(13)21)27-19(26-11)18-15(23)3-2-6-25-18/h2-10,17H,1H3,(H,26,27). The van der Waals surface area contributed by atoms with Crippen molar-refractivity contribution in [2.45, 2.75) is 13.0 Å². The topological polar surface area (TPSA) is 72.2 Å². The molecule has 0 saturated heterocycles. The SMILES string of the molecule is CC1=C(C(=O)n2ccnc2)C(c2ccc(F)cc2Cl)N=C(c2ncccc2F)N1. The number of aromatic nitrogens is 3. The van der Waals surface area contributed by atoms with Gasteiger partial charge in [-0.25, -0.2) is 18.7 Å².